The molecule has 8 heteroatoms. The highest BCUT2D eigenvalue weighted by Crippen LogP contribution is 2.27. The first-order valence-electron chi connectivity index (χ1n) is 9.19. The monoisotopic (exact) mass is 444 g/mol. The van der Waals surface area contributed by atoms with Gasteiger partial charge in [0.2, 0.25) is 0 Å². The lowest BCUT2D eigenvalue weighted by molar-refractivity contribution is -0.119. The summed E-state index contributed by atoms with van der Waals surface area (Å²) < 4.78 is 10.7. The smallest absolute Gasteiger partial charge is 0.358 e. The van der Waals surface area contributed by atoms with E-state index in [1.54, 1.807) is 11.4 Å². The molecule has 1 aromatic heterocycles. The second-order valence-corrected chi connectivity index (χ2v) is 8.14. The summed E-state index contributed by atoms with van der Waals surface area (Å²) in [6.45, 7) is 5.57. The van der Waals surface area contributed by atoms with Crippen molar-refractivity contribution >= 4 is 40.5 Å². The lowest BCUT2D eigenvalue weighted by Gasteiger charge is -2.11. The number of amides is 1. The molecule has 2 aromatic carbocycles. The molecular weight excluding hydrogens is 424 g/mol. The lowest BCUT2D eigenvalue weighted by Crippen LogP contribution is -2.21. The Bertz CT molecular complexity index is 1040. The number of esters is 1. The third-order valence-corrected chi connectivity index (χ3v) is 5.30. The van der Waals surface area contributed by atoms with Gasteiger partial charge in [0.15, 0.2) is 12.3 Å². The second-order valence-electron chi connectivity index (χ2n) is 6.79. The maximum atomic E-state index is 12.2. The number of nitrogens with zero attached hydrogens (tertiary/aromatic N) is 1. The zero-order valence-corrected chi connectivity index (χ0v) is 18.4. The number of rotatable bonds is 7. The van der Waals surface area contributed by atoms with E-state index < -0.39 is 18.5 Å². The van der Waals surface area contributed by atoms with Gasteiger partial charge in [-0.15, -0.1) is 11.3 Å². The Hall–Kier alpha value is -2.90. The molecule has 0 aliphatic carbocycles. The molecule has 0 aliphatic heterocycles. The summed E-state index contributed by atoms with van der Waals surface area (Å²) >= 11 is 7.47. The van der Waals surface area contributed by atoms with Crippen LogP contribution in [0.25, 0.3) is 0 Å². The van der Waals surface area contributed by atoms with Crippen molar-refractivity contribution in [3.8, 4) is 5.75 Å². The standard InChI is InChI=1S/C22H21ClN2O4S/c1-13-4-6-16(7-5-13)28-11-20-24-18(12-30-20)22(27)29-10-19(26)25-21-15(3)8-14(2)9-17(21)23/h4-9,12H,10-11H2,1-3H3,(H,25,26). The average Bonchev–Trinajstić information content (AvgIpc) is 3.17. The van der Waals surface area contributed by atoms with Crippen LogP contribution in [0.1, 0.15) is 32.2 Å². The Balaban J connectivity index is 1.50. The summed E-state index contributed by atoms with van der Waals surface area (Å²) in [5.74, 6) is -0.424. The normalized spacial score (nSPS) is 10.5. The van der Waals surface area contributed by atoms with Crippen LogP contribution in [-0.2, 0) is 16.1 Å². The van der Waals surface area contributed by atoms with E-state index in [0.717, 1.165) is 22.4 Å². The number of ether oxygens (including phenoxy) is 2. The molecule has 0 radical (unpaired) electrons. The first-order chi connectivity index (χ1) is 14.3. The van der Waals surface area contributed by atoms with Gasteiger partial charge in [0.1, 0.15) is 17.4 Å². The van der Waals surface area contributed by atoms with E-state index in [0.29, 0.717) is 15.7 Å². The van der Waals surface area contributed by atoms with Crippen molar-refractivity contribution in [3.63, 3.8) is 0 Å². The molecule has 0 atom stereocenters. The summed E-state index contributed by atoms with van der Waals surface area (Å²) in [5, 5.41) is 5.32. The summed E-state index contributed by atoms with van der Waals surface area (Å²) in [5.41, 5.74) is 3.61. The SMILES string of the molecule is Cc1ccc(OCc2nc(C(=O)OCC(=O)Nc3c(C)cc(C)cc3Cl)cs2)cc1. The van der Waals surface area contributed by atoms with E-state index in [1.165, 1.54) is 11.3 Å². The summed E-state index contributed by atoms with van der Waals surface area (Å²) in [6, 6.07) is 11.3. The van der Waals surface area contributed by atoms with Crippen molar-refractivity contribution in [2.75, 3.05) is 11.9 Å². The molecular formula is C22H21ClN2O4S. The topological polar surface area (TPSA) is 77.5 Å². The van der Waals surface area contributed by atoms with E-state index in [4.69, 9.17) is 21.1 Å². The number of nitrogens with one attached hydrogen (secondary N) is 1. The number of aryl methyl sites for hydroxylation is 3. The Labute approximate surface area is 183 Å². The van der Waals surface area contributed by atoms with Crippen LogP contribution in [0.5, 0.6) is 5.75 Å². The van der Waals surface area contributed by atoms with Crippen LogP contribution in [0.3, 0.4) is 0 Å². The Morgan fingerprint density at radius 1 is 1.10 bits per heavy atom. The van der Waals surface area contributed by atoms with Gasteiger partial charge in [-0.3, -0.25) is 4.79 Å². The van der Waals surface area contributed by atoms with Crippen LogP contribution in [0.4, 0.5) is 5.69 Å². The van der Waals surface area contributed by atoms with Gasteiger partial charge in [-0.2, -0.15) is 0 Å². The van der Waals surface area contributed by atoms with Crippen molar-refractivity contribution < 1.29 is 19.1 Å². The van der Waals surface area contributed by atoms with E-state index in [1.807, 2.05) is 51.1 Å². The lowest BCUT2D eigenvalue weighted by atomic mass is 10.1. The number of anilines is 1. The molecule has 1 heterocycles. The van der Waals surface area contributed by atoms with Crippen molar-refractivity contribution in [3.05, 3.63) is 74.2 Å². The van der Waals surface area contributed by atoms with E-state index in [9.17, 15) is 9.59 Å². The molecule has 6 nitrogen and oxygen atoms in total. The first-order valence-corrected chi connectivity index (χ1v) is 10.4. The molecule has 0 saturated carbocycles. The predicted octanol–water partition coefficient (Wildman–Crippen LogP) is 5.10. The number of benzene rings is 2. The van der Waals surface area contributed by atoms with Gasteiger partial charge in [-0.05, 0) is 50.1 Å². The number of aromatic nitrogens is 1. The number of hydrogen-bond acceptors (Lipinski definition) is 6. The molecule has 0 bridgehead atoms. The van der Waals surface area contributed by atoms with Crippen LogP contribution in [-0.4, -0.2) is 23.5 Å². The van der Waals surface area contributed by atoms with Crippen LogP contribution < -0.4 is 10.1 Å². The number of hydrogen-bond donors (Lipinski definition) is 1. The fourth-order valence-corrected chi connectivity index (χ4v) is 3.75. The molecule has 3 aromatic rings. The van der Waals surface area contributed by atoms with Crippen molar-refractivity contribution in [2.45, 2.75) is 27.4 Å². The van der Waals surface area contributed by atoms with E-state index >= 15 is 0 Å². The van der Waals surface area contributed by atoms with E-state index in [-0.39, 0.29) is 12.3 Å². The third-order valence-electron chi connectivity index (χ3n) is 4.17. The van der Waals surface area contributed by atoms with Crippen molar-refractivity contribution in [1.82, 2.24) is 4.98 Å². The maximum absolute atomic E-state index is 12.2. The summed E-state index contributed by atoms with van der Waals surface area (Å²) in [4.78, 5) is 28.5. The zero-order chi connectivity index (χ0) is 21.7. The molecule has 1 amide bonds. The van der Waals surface area contributed by atoms with Gasteiger partial charge in [-0.25, -0.2) is 9.78 Å². The highest BCUT2D eigenvalue weighted by molar-refractivity contribution is 7.09. The molecule has 0 saturated heterocycles. The van der Waals surface area contributed by atoms with Gasteiger partial charge >= 0.3 is 5.97 Å². The fourth-order valence-electron chi connectivity index (χ4n) is 2.71. The van der Waals surface area contributed by atoms with Gasteiger partial charge in [-0.1, -0.05) is 35.4 Å². The number of halogens is 1. The summed E-state index contributed by atoms with van der Waals surface area (Å²) in [6.07, 6.45) is 0. The van der Waals surface area contributed by atoms with Gasteiger partial charge in [0, 0.05) is 5.38 Å². The average molecular weight is 445 g/mol. The fraction of sp³-hybridized carbons (Fsp3) is 0.227. The zero-order valence-electron chi connectivity index (χ0n) is 16.8. The molecule has 0 fully saturated rings. The summed E-state index contributed by atoms with van der Waals surface area (Å²) in [7, 11) is 0. The third kappa shape index (κ3) is 5.81. The quantitative estimate of drug-likeness (QED) is 0.513. The predicted molar refractivity (Wildman–Crippen MR) is 117 cm³/mol. The van der Waals surface area contributed by atoms with Gasteiger partial charge in [0.25, 0.3) is 5.91 Å². The molecule has 156 valence electrons. The van der Waals surface area contributed by atoms with Gasteiger partial charge < -0.3 is 14.8 Å². The molecule has 0 unspecified atom stereocenters. The van der Waals surface area contributed by atoms with Crippen LogP contribution in [0, 0.1) is 20.8 Å². The highest BCUT2D eigenvalue weighted by Gasteiger charge is 2.16. The van der Waals surface area contributed by atoms with E-state index in [2.05, 4.69) is 10.3 Å². The van der Waals surface area contributed by atoms with Crippen LogP contribution in [0.15, 0.2) is 41.8 Å². The number of carbonyl (C=O) groups is 2. The molecule has 0 aliphatic rings. The molecule has 0 spiro atoms. The van der Waals surface area contributed by atoms with Crippen molar-refractivity contribution in [2.24, 2.45) is 0 Å². The second kappa shape index (κ2) is 9.73. The number of thiazole rings is 1. The minimum atomic E-state index is -0.672. The molecule has 3 rings (SSSR count). The Kier molecular flexibility index (Phi) is 7.07. The minimum Gasteiger partial charge on any atom is -0.486 e. The minimum absolute atomic E-state index is 0.139. The maximum Gasteiger partial charge on any atom is 0.358 e. The van der Waals surface area contributed by atoms with Crippen LogP contribution in [0.2, 0.25) is 5.02 Å². The van der Waals surface area contributed by atoms with Gasteiger partial charge in [0.05, 0.1) is 10.7 Å². The Morgan fingerprint density at radius 2 is 1.83 bits per heavy atom. The van der Waals surface area contributed by atoms with Crippen LogP contribution >= 0.6 is 22.9 Å². The molecule has 30 heavy (non-hydrogen) atoms. The molecule has 1 N–H and O–H groups in total. The Morgan fingerprint density at radius 3 is 2.53 bits per heavy atom. The first kappa shape index (κ1) is 21.8. The number of carbonyl (C=O) groups excluding carboxylic acids is 2. The largest absolute Gasteiger partial charge is 0.486 e. The van der Waals surface area contributed by atoms with Crippen molar-refractivity contribution in [1.29, 1.82) is 0 Å². The highest BCUT2D eigenvalue weighted by atomic mass is 35.5.